The number of hydrogen-bond donors (Lipinski definition) is 0. The molecule has 0 bridgehead atoms. The lowest BCUT2D eigenvalue weighted by molar-refractivity contribution is 0.112. The van der Waals surface area contributed by atoms with Crippen LogP contribution < -0.4 is 4.74 Å². The largest absolute Gasteiger partial charge is 0.454 e. The zero-order valence-electron chi connectivity index (χ0n) is 12.5. The minimum Gasteiger partial charge on any atom is -0.454 e. The van der Waals surface area contributed by atoms with Crippen molar-refractivity contribution in [3.63, 3.8) is 0 Å². The van der Waals surface area contributed by atoms with E-state index < -0.39 is 5.82 Å². The predicted octanol–water partition coefficient (Wildman–Crippen LogP) is 5.12. The van der Waals surface area contributed by atoms with E-state index in [9.17, 15) is 9.18 Å². The SMILES string of the molecule is CCC(C)(C)c1ccc(Oc2ccc(C=O)cc2F)cc1. The second-order valence-corrected chi connectivity index (χ2v) is 5.67. The average molecular weight is 286 g/mol. The molecule has 2 rings (SSSR count). The van der Waals surface area contributed by atoms with Crippen molar-refractivity contribution in [3.8, 4) is 11.5 Å². The molecule has 0 amide bonds. The van der Waals surface area contributed by atoms with Crippen LogP contribution in [0.4, 0.5) is 4.39 Å². The van der Waals surface area contributed by atoms with E-state index in [1.54, 1.807) is 0 Å². The maximum absolute atomic E-state index is 13.8. The van der Waals surface area contributed by atoms with Crippen LogP contribution in [-0.4, -0.2) is 6.29 Å². The minimum atomic E-state index is -0.544. The van der Waals surface area contributed by atoms with Crippen LogP contribution in [0.1, 0.15) is 43.1 Å². The van der Waals surface area contributed by atoms with Crippen molar-refractivity contribution < 1.29 is 13.9 Å². The van der Waals surface area contributed by atoms with Crippen LogP contribution in [-0.2, 0) is 5.41 Å². The maximum atomic E-state index is 13.8. The molecule has 0 saturated heterocycles. The molecule has 0 unspecified atom stereocenters. The Balaban J connectivity index is 2.19. The summed E-state index contributed by atoms with van der Waals surface area (Å²) in [6, 6.07) is 11.8. The maximum Gasteiger partial charge on any atom is 0.166 e. The van der Waals surface area contributed by atoms with Crippen LogP contribution in [0.3, 0.4) is 0 Å². The summed E-state index contributed by atoms with van der Waals surface area (Å²) in [5.74, 6) is 0.143. The van der Waals surface area contributed by atoms with Crippen LogP contribution >= 0.6 is 0 Å². The molecule has 0 saturated carbocycles. The first-order chi connectivity index (χ1) is 9.96. The zero-order chi connectivity index (χ0) is 15.5. The second kappa shape index (κ2) is 6.08. The molecule has 0 aliphatic rings. The molecule has 0 fully saturated rings. The third-order valence-electron chi connectivity index (χ3n) is 3.84. The monoisotopic (exact) mass is 286 g/mol. The Kier molecular flexibility index (Phi) is 4.41. The highest BCUT2D eigenvalue weighted by molar-refractivity contribution is 5.75. The number of carbonyl (C=O) groups is 1. The summed E-state index contributed by atoms with van der Waals surface area (Å²) in [4.78, 5) is 10.6. The highest BCUT2D eigenvalue weighted by atomic mass is 19.1. The average Bonchev–Trinajstić information content (AvgIpc) is 2.50. The Hall–Kier alpha value is -2.16. The Bertz CT molecular complexity index is 630. The summed E-state index contributed by atoms with van der Waals surface area (Å²) in [7, 11) is 0. The number of halogens is 1. The van der Waals surface area contributed by atoms with Crippen LogP contribution in [0.2, 0.25) is 0 Å². The Morgan fingerprint density at radius 2 is 1.81 bits per heavy atom. The summed E-state index contributed by atoms with van der Waals surface area (Å²) >= 11 is 0. The molecule has 21 heavy (non-hydrogen) atoms. The highest BCUT2D eigenvalue weighted by Crippen LogP contribution is 2.30. The topological polar surface area (TPSA) is 26.3 Å². The van der Waals surface area contributed by atoms with Gasteiger partial charge in [0.1, 0.15) is 12.0 Å². The first-order valence-electron chi connectivity index (χ1n) is 6.99. The molecule has 110 valence electrons. The van der Waals surface area contributed by atoms with Crippen LogP contribution in [0, 0.1) is 5.82 Å². The van der Waals surface area contributed by atoms with Gasteiger partial charge in [-0.25, -0.2) is 4.39 Å². The third-order valence-corrected chi connectivity index (χ3v) is 3.84. The molecule has 0 N–H and O–H groups in total. The number of rotatable bonds is 5. The summed E-state index contributed by atoms with van der Waals surface area (Å²) in [6.07, 6.45) is 1.64. The number of benzene rings is 2. The Morgan fingerprint density at radius 1 is 1.14 bits per heavy atom. The van der Waals surface area contributed by atoms with Gasteiger partial charge in [0.15, 0.2) is 11.6 Å². The molecule has 2 nitrogen and oxygen atoms in total. The first-order valence-corrected chi connectivity index (χ1v) is 6.99. The van der Waals surface area contributed by atoms with Crippen molar-refractivity contribution in [2.24, 2.45) is 0 Å². The van der Waals surface area contributed by atoms with Crippen molar-refractivity contribution in [2.75, 3.05) is 0 Å². The van der Waals surface area contributed by atoms with Gasteiger partial charge in [-0.2, -0.15) is 0 Å². The molecule has 0 aliphatic carbocycles. The first kappa shape index (κ1) is 15.2. The van der Waals surface area contributed by atoms with E-state index in [0.29, 0.717) is 17.6 Å². The fourth-order valence-electron chi connectivity index (χ4n) is 1.98. The zero-order valence-corrected chi connectivity index (χ0v) is 12.5. The lowest BCUT2D eigenvalue weighted by Crippen LogP contribution is -2.14. The van der Waals surface area contributed by atoms with Crippen LogP contribution in [0.25, 0.3) is 0 Å². The van der Waals surface area contributed by atoms with Crippen molar-refractivity contribution >= 4 is 6.29 Å². The number of hydrogen-bond acceptors (Lipinski definition) is 2. The Morgan fingerprint density at radius 3 is 2.33 bits per heavy atom. The highest BCUT2D eigenvalue weighted by Gasteiger charge is 2.17. The minimum absolute atomic E-state index is 0.107. The third kappa shape index (κ3) is 3.48. The van der Waals surface area contributed by atoms with Gasteiger partial charge in [-0.3, -0.25) is 4.79 Å². The van der Waals surface area contributed by atoms with Gasteiger partial charge >= 0.3 is 0 Å². The van der Waals surface area contributed by atoms with E-state index in [1.165, 1.54) is 17.7 Å². The Labute approximate surface area is 124 Å². The van der Waals surface area contributed by atoms with Gasteiger partial charge in [-0.05, 0) is 47.7 Å². The number of aldehydes is 1. The summed E-state index contributed by atoms with van der Waals surface area (Å²) in [5.41, 5.74) is 1.61. The summed E-state index contributed by atoms with van der Waals surface area (Å²) < 4.78 is 19.3. The van der Waals surface area contributed by atoms with Gasteiger partial charge in [0.25, 0.3) is 0 Å². The molecule has 0 atom stereocenters. The van der Waals surface area contributed by atoms with E-state index in [-0.39, 0.29) is 11.2 Å². The van der Waals surface area contributed by atoms with Gasteiger partial charge in [-0.15, -0.1) is 0 Å². The summed E-state index contributed by atoms with van der Waals surface area (Å²) in [6.45, 7) is 6.51. The standard InChI is InChI=1S/C18H19FO2/c1-4-18(2,3)14-6-8-15(9-7-14)21-17-10-5-13(12-20)11-16(17)19/h5-12H,4H2,1-3H3. The molecule has 0 aromatic heterocycles. The molecular formula is C18H19FO2. The van der Waals surface area contributed by atoms with Gasteiger partial charge < -0.3 is 4.74 Å². The van der Waals surface area contributed by atoms with Crippen molar-refractivity contribution in [2.45, 2.75) is 32.6 Å². The van der Waals surface area contributed by atoms with Crippen molar-refractivity contribution in [3.05, 3.63) is 59.4 Å². The predicted molar refractivity (Wildman–Crippen MR) is 81.6 cm³/mol. The normalized spacial score (nSPS) is 11.2. The lowest BCUT2D eigenvalue weighted by atomic mass is 9.82. The fourth-order valence-corrected chi connectivity index (χ4v) is 1.98. The molecule has 0 aliphatic heterocycles. The van der Waals surface area contributed by atoms with E-state index in [0.717, 1.165) is 12.5 Å². The van der Waals surface area contributed by atoms with Crippen LogP contribution in [0.15, 0.2) is 42.5 Å². The lowest BCUT2D eigenvalue weighted by Gasteiger charge is -2.23. The smallest absolute Gasteiger partial charge is 0.166 e. The molecule has 2 aromatic carbocycles. The van der Waals surface area contributed by atoms with Crippen molar-refractivity contribution in [1.29, 1.82) is 0 Å². The summed E-state index contributed by atoms with van der Waals surface area (Å²) in [5, 5.41) is 0. The molecule has 0 spiro atoms. The molecule has 2 aromatic rings. The van der Waals surface area contributed by atoms with Gasteiger partial charge in [0.2, 0.25) is 0 Å². The van der Waals surface area contributed by atoms with Gasteiger partial charge in [0, 0.05) is 5.56 Å². The number of carbonyl (C=O) groups excluding carboxylic acids is 1. The van der Waals surface area contributed by atoms with Gasteiger partial charge in [0.05, 0.1) is 0 Å². The second-order valence-electron chi connectivity index (χ2n) is 5.67. The molecular weight excluding hydrogens is 267 g/mol. The quantitative estimate of drug-likeness (QED) is 0.713. The van der Waals surface area contributed by atoms with Crippen LogP contribution in [0.5, 0.6) is 11.5 Å². The molecule has 3 heteroatoms. The van der Waals surface area contributed by atoms with E-state index >= 15 is 0 Å². The fraction of sp³-hybridized carbons (Fsp3) is 0.278. The van der Waals surface area contributed by atoms with Gasteiger partial charge in [-0.1, -0.05) is 32.9 Å². The van der Waals surface area contributed by atoms with E-state index in [1.807, 2.05) is 24.3 Å². The van der Waals surface area contributed by atoms with E-state index in [4.69, 9.17) is 4.74 Å². The number of ether oxygens (including phenoxy) is 1. The van der Waals surface area contributed by atoms with E-state index in [2.05, 4.69) is 20.8 Å². The molecule has 0 heterocycles. The molecule has 0 radical (unpaired) electrons. The van der Waals surface area contributed by atoms with Crippen molar-refractivity contribution in [1.82, 2.24) is 0 Å².